The molecule has 0 unspecified atom stereocenters. The lowest BCUT2D eigenvalue weighted by Gasteiger charge is -2.16. The Morgan fingerprint density at radius 3 is 1.48 bits per heavy atom. The van der Waals surface area contributed by atoms with Gasteiger partial charge in [-0.15, -0.1) is 0 Å². The van der Waals surface area contributed by atoms with E-state index in [1.54, 1.807) is 0 Å². The number of Topliss-reactive ketones (excluding diaryl/α,β-unsaturated/α-hetero) is 1. The molecule has 0 aliphatic heterocycles. The van der Waals surface area contributed by atoms with E-state index in [1.165, 1.54) is 0 Å². The molecule has 0 saturated heterocycles. The van der Waals surface area contributed by atoms with E-state index in [4.69, 9.17) is 11.5 Å². The summed E-state index contributed by atoms with van der Waals surface area (Å²) in [5.41, 5.74) is 16.6. The van der Waals surface area contributed by atoms with Gasteiger partial charge in [-0.3, -0.25) is 4.79 Å². The molecular weight excluding hydrogens is 284 g/mol. The molecule has 3 heteroatoms. The Hall–Kier alpha value is -2.81. The topological polar surface area (TPSA) is 69.1 Å². The SMILES string of the molecule is Nc1ccc(C=C2CCCC(=Cc3ccc(N)cc3)C2=O)cc1. The number of carbonyl (C=O) groups excluding carboxylic acids is 1. The van der Waals surface area contributed by atoms with Gasteiger partial charge in [0, 0.05) is 22.5 Å². The van der Waals surface area contributed by atoms with E-state index in [9.17, 15) is 4.79 Å². The highest BCUT2D eigenvalue weighted by Gasteiger charge is 2.20. The fourth-order valence-corrected chi connectivity index (χ4v) is 2.76. The molecule has 0 bridgehead atoms. The van der Waals surface area contributed by atoms with Gasteiger partial charge < -0.3 is 11.5 Å². The van der Waals surface area contributed by atoms with Crippen LogP contribution in [0.15, 0.2) is 59.7 Å². The molecule has 3 nitrogen and oxygen atoms in total. The predicted molar refractivity (Wildman–Crippen MR) is 96.5 cm³/mol. The van der Waals surface area contributed by atoms with E-state index in [0.29, 0.717) is 0 Å². The third-order valence-electron chi connectivity index (χ3n) is 4.03. The van der Waals surface area contributed by atoms with Gasteiger partial charge in [-0.1, -0.05) is 24.3 Å². The van der Waals surface area contributed by atoms with Crippen LogP contribution in [0.2, 0.25) is 0 Å². The van der Waals surface area contributed by atoms with Crippen LogP contribution >= 0.6 is 0 Å². The van der Waals surface area contributed by atoms with Gasteiger partial charge in [-0.05, 0) is 66.8 Å². The van der Waals surface area contributed by atoms with E-state index in [2.05, 4.69) is 0 Å². The van der Waals surface area contributed by atoms with Crippen LogP contribution in [0, 0.1) is 0 Å². The number of hydrogen-bond acceptors (Lipinski definition) is 3. The zero-order valence-corrected chi connectivity index (χ0v) is 13.0. The first-order chi connectivity index (χ1) is 11.1. The molecule has 3 rings (SSSR count). The number of nitrogens with two attached hydrogens (primary N) is 2. The van der Waals surface area contributed by atoms with Crippen molar-refractivity contribution in [2.24, 2.45) is 0 Å². The smallest absolute Gasteiger partial charge is 0.185 e. The van der Waals surface area contributed by atoms with Crippen LogP contribution < -0.4 is 11.5 Å². The zero-order chi connectivity index (χ0) is 16.2. The second-order valence-corrected chi connectivity index (χ2v) is 5.86. The summed E-state index contributed by atoms with van der Waals surface area (Å²) in [5.74, 6) is 0.143. The van der Waals surface area contributed by atoms with Crippen molar-refractivity contribution < 1.29 is 4.79 Å². The Bertz CT molecular complexity index is 703. The average molecular weight is 304 g/mol. The van der Waals surface area contributed by atoms with Gasteiger partial charge in [-0.25, -0.2) is 0 Å². The summed E-state index contributed by atoms with van der Waals surface area (Å²) in [6, 6.07) is 15.2. The maximum atomic E-state index is 12.7. The Balaban J connectivity index is 1.86. The standard InChI is InChI=1S/C20H20N2O/c21-18-8-4-14(5-9-18)12-16-2-1-3-17(20(16)23)13-15-6-10-19(22)11-7-15/h4-13H,1-3,21-22H2. The maximum absolute atomic E-state index is 12.7. The molecule has 23 heavy (non-hydrogen) atoms. The quantitative estimate of drug-likeness (QED) is 0.649. The van der Waals surface area contributed by atoms with Crippen molar-refractivity contribution in [1.82, 2.24) is 0 Å². The van der Waals surface area contributed by atoms with Gasteiger partial charge in [0.25, 0.3) is 0 Å². The molecular formula is C20H20N2O. The highest BCUT2D eigenvalue weighted by molar-refractivity contribution is 6.13. The molecule has 1 saturated carbocycles. The van der Waals surface area contributed by atoms with Crippen LogP contribution in [-0.4, -0.2) is 5.78 Å². The van der Waals surface area contributed by atoms with Crippen LogP contribution in [0.5, 0.6) is 0 Å². The Morgan fingerprint density at radius 2 is 1.09 bits per heavy atom. The predicted octanol–water partition coefficient (Wildman–Crippen LogP) is 4.07. The number of benzene rings is 2. The number of anilines is 2. The molecule has 2 aromatic rings. The Labute approximate surface area is 136 Å². The molecule has 116 valence electrons. The van der Waals surface area contributed by atoms with Crippen molar-refractivity contribution in [2.45, 2.75) is 19.3 Å². The molecule has 0 amide bonds. The second-order valence-electron chi connectivity index (χ2n) is 5.86. The monoisotopic (exact) mass is 304 g/mol. The molecule has 4 N–H and O–H groups in total. The minimum Gasteiger partial charge on any atom is -0.399 e. The number of nitrogen functional groups attached to an aromatic ring is 2. The van der Waals surface area contributed by atoms with Gasteiger partial charge >= 0.3 is 0 Å². The molecule has 0 atom stereocenters. The van der Waals surface area contributed by atoms with Gasteiger partial charge in [0.15, 0.2) is 5.78 Å². The van der Waals surface area contributed by atoms with Crippen molar-refractivity contribution in [2.75, 3.05) is 11.5 Å². The number of allylic oxidation sites excluding steroid dienone is 2. The third kappa shape index (κ3) is 3.69. The van der Waals surface area contributed by atoms with E-state index < -0.39 is 0 Å². The molecule has 0 heterocycles. The minimum atomic E-state index is 0.143. The first-order valence-electron chi connectivity index (χ1n) is 7.79. The van der Waals surface area contributed by atoms with E-state index >= 15 is 0 Å². The summed E-state index contributed by atoms with van der Waals surface area (Å²) in [5, 5.41) is 0. The van der Waals surface area contributed by atoms with Crippen LogP contribution in [0.25, 0.3) is 12.2 Å². The first kappa shape index (κ1) is 15.1. The molecule has 2 aromatic carbocycles. The largest absolute Gasteiger partial charge is 0.399 e. The normalized spacial score (nSPS) is 18.5. The summed E-state index contributed by atoms with van der Waals surface area (Å²) in [7, 11) is 0. The van der Waals surface area contributed by atoms with Crippen LogP contribution in [0.3, 0.4) is 0 Å². The van der Waals surface area contributed by atoms with Crippen molar-refractivity contribution in [1.29, 1.82) is 0 Å². The van der Waals surface area contributed by atoms with Crippen molar-refractivity contribution in [3.8, 4) is 0 Å². The Kier molecular flexibility index (Phi) is 4.29. The molecule has 0 radical (unpaired) electrons. The minimum absolute atomic E-state index is 0.143. The van der Waals surface area contributed by atoms with Gasteiger partial charge in [0.2, 0.25) is 0 Å². The maximum Gasteiger partial charge on any atom is 0.185 e. The first-order valence-corrected chi connectivity index (χ1v) is 7.79. The summed E-state index contributed by atoms with van der Waals surface area (Å²) in [6.45, 7) is 0. The highest BCUT2D eigenvalue weighted by Crippen LogP contribution is 2.28. The highest BCUT2D eigenvalue weighted by atomic mass is 16.1. The molecule has 1 aliphatic carbocycles. The Morgan fingerprint density at radius 1 is 0.696 bits per heavy atom. The van der Waals surface area contributed by atoms with Gasteiger partial charge in [0.1, 0.15) is 0 Å². The summed E-state index contributed by atoms with van der Waals surface area (Å²) in [4.78, 5) is 12.7. The second kappa shape index (κ2) is 6.53. The van der Waals surface area contributed by atoms with E-state index in [1.807, 2.05) is 60.7 Å². The van der Waals surface area contributed by atoms with Crippen molar-refractivity contribution in [3.05, 3.63) is 70.8 Å². The molecule has 0 aromatic heterocycles. The van der Waals surface area contributed by atoms with Gasteiger partial charge in [0.05, 0.1) is 0 Å². The average Bonchev–Trinajstić information content (AvgIpc) is 2.55. The third-order valence-corrected chi connectivity index (χ3v) is 4.03. The van der Waals surface area contributed by atoms with Crippen molar-refractivity contribution in [3.63, 3.8) is 0 Å². The van der Waals surface area contributed by atoms with E-state index in [-0.39, 0.29) is 5.78 Å². The fourth-order valence-electron chi connectivity index (χ4n) is 2.76. The lowest BCUT2D eigenvalue weighted by atomic mass is 9.87. The van der Waals surface area contributed by atoms with Crippen LogP contribution in [-0.2, 0) is 4.79 Å². The lowest BCUT2D eigenvalue weighted by molar-refractivity contribution is -0.112. The van der Waals surface area contributed by atoms with Crippen LogP contribution in [0.4, 0.5) is 11.4 Å². The summed E-state index contributed by atoms with van der Waals surface area (Å²) in [6.07, 6.45) is 6.58. The van der Waals surface area contributed by atoms with Crippen molar-refractivity contribution >= 4 is 29.3 Å². The number of carbonyl (C=O) groups is 1. The molecule has 0 spiro atoms. The van der Waals surface area contributed by atoms with E-state index in [0.717, 1.165) is 52.9 Å². The summed E-state index contributed by atoms with van der Waals surface area (Å²) >= 11 is 0. The van der Waals surface area contributed by atoms with Gasteiger partial charge in [-0.2, -0.15) is 0 Å². The number of rotatable bonds is 2. The molecule has 1 aliphatic rings. The summed E-state index contributed by atoms with van der Waals surface area (Å²) < 4.78 is 0. The zero-order valence-electron chi connectivity index (χ0n) is 13.0. The number of hydrogen-bond donors (Lipinski definition) is 2. The fraction of sp³-hybridized carbons (Fsp3) is 0.150. The molecule has 1 fully saturated rings. The lowest BCUT2D eigenvalue weighted by Crippen LogP contribution is -2.12. The number of ketones is 1. The van der Waals surface area contributed by atoms with Crippen LogP contribution in [0.1, 0.15) is 30.4 Å².